The third-order valence-corrected chi connectivity index (χ3v) is 4.85. The zero-order chi connectivity index (χ0) is 17.6. The van der Waals surface area contributed by atoms with Crippen LogP contribution in [0.4, 0.5) is 0 Å². The Labute approximate surface area is 147 Å². The minimum absolute atomic E-state index is 0.0769. The Bertz CT molecular complexity index is 788. The average Bonchev–Trinajstić information content (AvgIpc) is 2.44. The summed E-state index contributed by atoms with van der Waals surface area (Å²) in [5.74, 6) is 0.583. The van der Waals surface area contributed by atoms with E-state index in [1.54, 1.807) is 0 Å². The van der Waals surface area contributed by atoms with E-state index in [1.807, 2.05) is 31.2 Å². The highest BCUT2D eigenvalue weighted by Crippen LogP contribution is 2.48. The maximum absolute atomic E-state index is 12.9. The number of ether oxygens (including phenoxy) is 1. The van der Waals surface area contributed by atoms with E-state index in [9.17, 15) is 4.79 Å². The van der Waals surface area contributed by atoms with Gasteiger partial charge in [0, 0.05) is 24.3 Å². The molecule has 0 amide bonds. The van der Waals surface area contributed by atoms with Gasteiger partial charge in [-0.15, -0.1) is 0 Å². The predicted octanol–water partition coefficient (Wildman–Crippen LogP) is 3.21. The van der Waals surface area contributed by atoms with Crippen molar-refractivity contribution in [1.82, 2.24) is 0 Å². The first-order valence-electron chi connectivity index (χ1n) is 8.00. The van der Waals surface area contributed by atoms with Crippen LogP contribution in [0.3, 0.4) is 0 Å². The summed E-state index contributed by atoms with van der Waals surface area (Å²) in [5, 5.41) is 0. The molecule has 0 spiro atoms. The number of rotatable bonds is 2. The lowest BCUT2D eigenvalue weighted by atomic mass is 9.70. The van der Waals surface area contributed by atoms with Gasteiger partial charge in [-0.1, -0.05) is 55.9 Å². The molecule has 0 radical (unpaired) electrons. The minimum Gasteiger partial charge on any atom is -0.445 e. The molecule has 3 rings (SSSR count). The number of hydrogen-bond acceptors (Lipinski definition) is 4. The Hall–Kier alpha value is -2.14. The lowest BCUT2D eigenvalue weighted by Gasteiger charge is -2.38. The van der Waals surface area contributed by atoms with E-state index < -0.39 is 0 Å². The minimum atomic E-state index is -0.351. The summed E-state index contributed by atoms with van der Waals surface area (Å²) in [6.45, 7) is 6.13. The van der Waals surface area contributed by atoms with Crippen molar-refractivity contribution in [3.05, 3.63) is 58.2 Å². The molecule has 0 saturated heterocycles. The van der Waals surface area contributed by atoms with Crippen LogP contribution in [-0.2, 0) is 9.53 Å². The highest BCUT2D eigenvalue weighted by Gasteiger charge is 2.43. The topological polar surface area (TPSA) is 78.3 Å². The van der Waals surface area contributed by atoms with E-state index in [-0.39, 0.29) is 28.0 Å². The van der Waals surface area contributed by atoms with Gasteiger partial charge in [-0.05, 0) is 17.9 Å². The van der Waals surface area contributed by atoms with E-state index in [4.69, 9.17) is 28.4 Å². The van der Waals surface area contributed by atoms with E-state index in [1.165, 1.54) is 0 Å². The molecule has 4 N–H and O–H groups in total. The second-order valence-electron chi connectivity index (χ2n) is 7.37. The lowest BCUT2D eigenvalue weighted by Crippen LogP contribution is -2.36. The first-order valence-corrected chi connectivity index (χ1v) is 8.40. The normalized spacial score (nSPS) is 23.0. The summed E-state index contributed by atoms with van der Waals surface area (Å²) in [4.78, 5) is 13.1. The summed E-state index contributed by atoms with van der Waals surface area (Å²) < 4.78 is 5.79. The lowest BCUT2D eigenvalue weighted by molar-refractivity contribution is -0.119. The van der Waals surface area contributed by atoms with Crippen molar-refractivity contribution in [2.45, 2.75) is 39.5 Å². The Morgan fingerprint density at radius 3 is 2.46 bits per heavy atom. The van der Waals surface area contributed by atoms with Gasteiger partial charge in [0.25, 0.3) is 0 Å². The van der Waals surface area contributed by atoms with E-state index in [0.29, 0.717) is 29.7 Å². The number of Topliss-reactive ketones (excluding diaryl/α,β-unsaturated/α-hetero) is 1. The van der Waals surface area contributed by atoms with Crippen molar-refractivity contribution in [2.75, 3.05) is 0 Å². The van der Waals surface area contributed by atoms with Gasteiger partial charge in [0.15, 0.2) is 11.7 Å². The van der Waals surface area contributed by atoms with Gasteiger partial charge in [-0.2, -0.15) is 0 Å². The number of carbonyl (C=O) groups is 1. The van der Waals surface area contributed by atoms with Crippen molar-refractivity contribution >= 4 is 23.0 Å². The summed E-state index contributed by atoms with van der Waals surface area (Å²) in [6.07, 6.45) is 1.14. The van der Waals surface area contributed by atoms with Gasteiger partial charge < -0.3 is 16.2 Å². The molecule has 1 aromatic carbocycles. The van der Waals surface area contributed by atoms with Crippen LogP contribution in [0.2, 0.25) is 0 Å². The summed E-state index contributed by atoms with van der Waals surface area (Å²) in [5.41, 5.74) is 15.2. The summed E-state index contributed by atoms with van der Waals surface area (Å²) in [6, 6.07) is 8.01. The number of carbonyl (C=O) groups excluding carboxylic acids is 1. The quantitative estimate of drug-likeness (QED) is 0.807. The SMILES string of the molecule is Cc1ccc([C@H]2C(C(N)=S)=C(N)OC3=C2C(=O)CC(C)(C)C3)cc1. The monoisotopic (exact) mass is 342 g/mol. The smallest absolute Gasteiger partial charge is 0.197 e. The van der Waals surface area contributed by atoms with Crippen LogP contribution >= 0.6 is 12.2 Å². The maximum Gasteiger partial charge on any atom is 0.197 e. The second-order valence-corrected chi connectivity index (χ2v) is 7.81. The third kappa shape index (κ3) is 2.84. The van der Waals surface area contributed by atoms with E-state index in [2.05, 4.69) is 13.8 Å². The Kier molecular flexibility index (Phi) is 4.00. The van der Waals surface area contributed by atoms with Crippen LogP contribution < -0.4 is 11.5 Å². The fraction of sp³-hybridized carbons (Fsp3) is 0.368. The second kappa shape index (κ2) is 5.74. The first kappa shape index (κ1) is 16.7. The van der Waals surface area contributed by atoms with Crippen molar-refractivity contribution in [3.8, 4) is 0 Å². The molecule has 24 heavy (non-hydrogen) atoms. The maximum atomic E-state index is 12.9. The molecule has 0 unspecified atom stereocenters. The molecule has 0 aromatic heterocycles. The summed E-state index contributed by atoms with van der Waals surface area (Å²) >= 11 is 5.20. The van der Waals surface area contributed by atoms with Crippen LogP contribution in [0.15, 0.2) is 47.1 Å². The third-order valence-electron chi connectivity index (χ3n) is 4.63. The standard InChI is InChI=1S/C19H22N2O2S/c1-10-4-6-11(7-5-10)14-15-12(22)8-19(2,3)9-13(15)23-17(20)16(14)18(21)24/h4-7,14H,8-9,20H2,1-3H3,(H2,21,24)/t14-/m1/s1. The molecule has 5 heteroatoms. The summed E-state index contributed by atoms with van der Waals surface area (Å²) in [7, 11) is 0. The zero-order valence-electron chi connectivity index (χ0n) is 14.2. The van der Waals surface area contributed by atoms with Crippen LogP contribution in [0.5, 0.6) is 0 Å². The number of hydrogen-bond donors (Lipinski definition) is 2. The van der Waals surface area contributed by atoms with Crippen molar-refractivity contribution in [2.24, 2.45) is 16.9 Å². The van der Waals surface area contributed by atoms with Crippen molar-refractivity contribution in [1.29, 1.82) is 0 Å². The molecule has 1 heterocycles. The number of thiocarbonyl (C=S) groups is 1. The van der Waals surface area contributed by atoms with Gasteiger partial charge in [-0.25, -0.2) is 0 Å². The van der Waals surface area contributed by atoms with Gasteiger partial charge in [0.2, 0.25) is 0 Å². The zero-order valence-corrected chi connectivity index (χ0v) is 15.0. The van der Waals surface area contributed by atoms with Gasteiger partial charge in [-0.3, -0.25) is 4.79 Å². The molecule has 126 valence electrons. The van der Waals surface area contributed by atoms with Crippen LogP contribution in [0, 0.1) is 12.3 Å². The highest BCUT2D eigenvalue weighted by atomic mass is 32.1. The predicted molar refractivity (Wildman–Crippen MR) is 98.1 cm³/mol. The molecule has 1 aromatic rings. The van der Waals surface area contributed by atoms with Crippen molar-refractivity contribution in [3.63, 3.8) is 0 Å². The largest absolute Gasteiger partial charge is 0.445 e. The Morgan fingerprint density at radius 1 is 1.25 bits per heavy atom. The van der Waals surface area contributed by atoms with Gasteiger partial charge in [0.05, 0.1) is 5.57 Å². The number of nitrogens with two attached hydrogens (primary N) is 2. The number of ketones is 1. The van der Waals surface area contributed by atoms with Crippen LogP contribution in [-0.4, -0.2) is 10.8 Å². The molecule has 4 nitrogen and oxygen atoms in total. The van der Waals surface area contributed by atoms with E-state index >= 15 is 0 Å². The number of aryl methyl sites for hydroxylation is 1. The molecule has 1 atom stereocenters. The number of allylic oxidation sites excluding steroid dienone is 2. The molecule has 0 fully saturated rings. The fourth-order valence-electron chi connectivity index (χ4n) is 3.52. The molecule has 1 aliphatic heterocycles. The average molecular weight is 342 g/mol. The molecular weight excluding hydrogens is 320 g/mol. The van der Waals surface area contributed by atoms with Gasteiger partial charge in [0.1, 0.15) is 10.7 Å². The molecular formula is C19H22N2O2S. The number of benzene rings is 1. The highest BCUT2D eigenvalue weighted by molar-refractivity contribution is 7.80. The van der Waals surface area contributed by atoms with Crippen LogP contribution in [0.1, 0.15) is 43.7 Å². The van der Waals surface area contributed by atoms with Crippen molar-refractivity contribution < 1.29 is 9.53 Å². The Balaban J connectivity index is 2.19. The molecule has 1 aliphatic carbocycles. The first-order chi connectivity index (χ1) is 11.2. The van der Waals surface area contributed by atoms with E-state index in [0.717, 1.165) is 11.1 Å². The van der Waals surface area contributed by atoms with Crippen LogP contribution in [0.25, 0.3) is 0 Å². The molecule has 0 saturated carbocycles. The Morgan fingerprint density at radius 2 is 1.88 bits per heavy atom. The molecule has 0 bridgehead atoms. The van der Waals surface area contributed by atoms with Gasteiger partial charge >= 0.3 is 0 Å². The fourth-order valence-corrected chi connectivity index (χ4v) is 3.74. The molecule has 2 aliphatic rings.